The predicted molar refractivity (Wildman–Crippen MR) is 93.8 cm³/mol. The number of para-hydroxylation sites is 2. The number of rotatable bonds is 4. The van der Waals surface area contributed by atoms with Crippen molar-refractivity contribution in [2.75, 3.05) is 6.61 Å². The highest BCUT2D eigenvalue weighted by molar-refractivity contribution is 6.28. The molecular weight excluding hydrogens is 302 g/mol. The van der Waals surface area contributed by atoms with Gasteiger partial charge in [0.1, 0.15) is 18.1 Å². The standard InChI is InChI=1S/C19H15N3O2/c23-19-16(10-13-11-20-17-9-5-4-8-15(13)17)18(21-22-19)12-24-14-6-2-1-3-7-14/h1-11,20H,12H2,(H,22,23). The molecule has 5 nitrogen and oxygen atoms in total. The summed E-state index contributed by atoms with van der Waals surface area (Å²) < 4.78 is 5.70. The second-order valence-corrected chi connectivity index (χ2v) is 5.45. The van der Waals surface area contributed by atoms with E-state index in [1.165, 1.54) is 0 Å². The minimum atomic E-state index is -0.216. The van der Waals surface area contributed by atoms with Crippen molar-refractivity contribution >= 4 is 28.6 Å². The second-order valence-electron chi connectivity index (χ2n) is 5.45. The van der Waals surface area contributed by atoms with Gasteiger partial charge in [-0.2, -0.15) is 5.10 Å². The van der Waals surface area contributed by atoms with Gasteiger partial charge in [0.15, 0.2) is 0 Å². The summed E-state index contributed by atoms with van der Waals surface area (Å²) in [7, 11) is 0. The van der Waals surface area contributed by atoms with Crippen molar-refractivity contribution < 1.29 is 9.53 Å². The number of nitrogens with zero attached hydrogens (tertiary/aromatic N) is 1. The Bertz CT molecular complexity index is 955. The Morgan fingerprint density at radius 1 is 1.04 bits per heavy atom. The SMILES string of the molecule is O=C1NN=C(COc2ccccc2)C1=Cc1c[nH]c2ccccc12. The first-order chi connectivity index (χ1) is 11.8. The molecule has 2 aromatic carbocycles. The summed E-state index contributed by atoms with van der Waals surface area (Å²) in [5.41, 5.74) is 5.60. The number of carbonyl (C=O) groups excluding carboxylic acids is 1. The van der Waals surface area contributed by atoms with Crippen molar-refractivity contribution in [3.05, 3.63) is 71.9 Å². The number of hydrazone groups is 1. The molecule has 1 aliphatic rings. The van der Waals surface area contributed by atoms with Crippen LogP contribution in [-0.4, -0.2) is 23.2 Å². The third-order valence-electron chi connectivity index (χ3n) is 3.89. The van der Waals surface area contributed by atoms with E-state index in [1.54, 1.807) is 0 Å². The zero-order valence-corrected chi connectivity index (χ0v) is 12.8. The lowest BCUT2D eigenvalue weighted by molar-refractivity contribution is -0.116. The average Bonchev–Trinajstić information content (AvgIpc) is 3.19. The van der Waals surface area contributed by atoms with Crippen LogP contribution in [0.2, 0.25) is 0 Å². The average molecular weight is 317 g/mol. The largest absolute Gasteiger partial charge is 0.487 e. The number of hydrogen-bond donors (Lipinski definition) is 2. The quantitative estimate of drug-likeness (QED) is 0.726. The van der Waals surface area contributed by atoms with Gasteiger partial charge in [-0.05, 0) is 24.3 Å². The molecule has 4 rings (SSSR count). The maximum Gasteiger partial charge on any atom is 0.273 e. The van der Waals surface area contributed by atoms with Crippen molar-refractivity contribution in [3.8, 4) is 5.75 Å². The van der Waals surface area contributed by atoms with Crippen molar-refractivity contribution in [1.82, 2.24) is 10.4 Å². The van der Waals surface area contributed by atoms with Gasteiger partial charge in [-0.1, -0.05) is 36.4 Å². The van der Waals surface area contributed by atoms with Crippen molar-refractivity contribution in [3.63, 3.8) is 0 Å². The summed E-state index contributed by atoms with van der Waals surface area (Å²) in [6, 6.07) is 17.4. The van der Waals surface area contributed by atoms with Crippen LogP contribution in [0, 0.1) is 0 Å². The summed E-state index contributed by atoms with van der Waals surface area (Å²) in [6.07, 6.45) is 3.73. The summed E-state index contributed by atoms with van der Waals surface area (Å²) in [6.45, 7) is 0.233. The van der Waals surface area contributed by atoms with Gasteiger partial charge in [0.25, 0.3) is 5.91 Å². The number of carbonyl (C=O) groups is 1. The molecule has 0 fully saturated rings. The number of aromatic amines is 1. The molecule has 0 saturated heterocycles. The summed E-state index contributed by atoms with van der Waals surface area (Å²) >= 11 is 0. The topological polar surface area (TPSA) is 66.5 Å². The molecule has 1 aromatic heterocycles. The Balaban J connectivity index is 1.60. The van der Waals surface area contributed by atoms with Crippen LogP contribution >= 0.6 is 0 Å². The zero-order valence-electron chi connectivity index (χ0n) is 12.8. The van der Waals surface area contributed by atoms with Gasteiger partial charge in [0, 0.05) is 22.7 Å². The summed E-state index contributed by atoms with van der Waals surface area (Å²) in [5.74, 6) is 0.526. The Morgan fingerprint density at radius 3 is 2.71 bits per heavy atom. The van der Waals surface area contributed by atoms with Gasteiger partial charge < -0.3 is 9.72 Å². The van der Waals surface area contributed by atoms with Gasteiger partial charge in [-0.25, -0.2) is 5.43 Å². The maximum atomic E-state index is 12.1. The normalized spacial score (nSPS) is 15.6. The highest BCUT2D eigenvalue weighted by Crippen LogP contribution is 2.22. The maximum absolute atomic E-state index is 12.1. The molecule has 0 radical (unpaired) electrons. The highest BCUT2D eigenvalue weighted by atomic mass is 16.5. The van der Waals surface area contributed by atoms with Crippen LogP contribution in [0.5, 0.6) is 5.75 Å². The van der Waals surface area contributed by atoms with Gasteiger partial charge in [0.2, 0.25) is 0 Å². The van der Waals surface area contributed by atoms with Gasteiger partial charge in [-0.3, -0.25) is 4.79 Å². The van der Waals surface area contributed by atoms with Gasteiger partial charge >= 0.3 is 0 Å². The van der Waals surface area contributed by atoms with Crippen LogP contribution in [-0.2, 0) is 4.79 Å². The number of H-pyrrole nitrogens is 1. The number of hydrogen-bond acceptors (Lipinski definition) is 3. The first-order valence-corrected chi connectivity index (χ1v) is 7.64. The molecule has 0 spiro atoms. The van der Waals surface area contributed by atoms with E-state index in [0.717, 1.165) is 22.2 Å². The fraction of sp³-hybridized carbons (Fsp3) is 0.0526. The highest BCUT2D eigenvalue weighted by Gasteiger charge is 2.23. The van der Waals surface area contributed by atoms with E-state index in [0.29, 0.717) is 11.3 Å². The zero-order chi connectivity index (χ0) is 16.4. The molecule has 2 N–H and O–H groups in total. The number of nitrogens with one attached hydrogen (secondary N) is 2. The molecule has 0 aliphatic carbocycles. The van der Waals surface area contributed by atoms with Crippen molar-refractivity contribution in [2.24, 2.45) is 5.10 Å². The molecule has 0 unspecified atom stereocenters. The van der Waals surface area contributed by atoms with Crippen LogP contribution in [0.4, 0.5) is 0 Å². The molecular formula is C19H15N3O2. The minimum Gasteiger partial charge on any atom is -0.487 e. The number of benzene rings is 2. The molecule has 5 heteroatoms. The van der Waals surface area contributed by atoms with E-state index in [1.807, 2.05) is 66.9 Å². The van der Waals surface area contributed by atoms with E-state index in [4.69, 9.17) is 4.74 Å². The molecule has 24 heavy (non-hydrogen) atoms. The van der Waals surface area contributed by atoms with Gasteiger partial charge in [0.05, 0.1) is 5.57 Å². The molecule has 0 bridgehead atoms. The van der Waals surface area contributed by atoms with Crippen LogP contribution in [0.15, 0.2) is 71.5 Å². The van der Waals surface area contributed by atoms with E-state index in [2.05, 4.69) is 15.5 Å². The van der Waals surface area contributed by atoms with E-state index in [-0.39, 0.29) is 12.5 Å². The number of amides is 1. The Morgan fingerprint density at radius 2 is 1.83 bits per heavy atom. The fourth-order valence-corrected chi connectivity index (χ4v) is 2.67. The van der Waals surface area contributed by atoms with Crippen LogP contribution in [0.1, 0.15) is 5.56 Å². The molecule has 2 heterocycles. The van der Waals surface area contributed by atoms with Gasteiger partial charge in [-0.15, -0.1) is 0 Å². The van der Waals surface area contributed by atoms with Crippen molar-refractivity contribution in [1.29, 1.82) is 0 Å². The third-order valence-corrected chi connectivity index (χ3v) is 3.89. The first-order valence-electron chi connectivity index (χ1n) is 7.64. The van der Waals surface area contributed by atoms with E-state index >= 15 is 0 Å². The van der Waals surface area contributed by atoms with Crippen LogP contribution in [0.25, 0.3) is 17.0 Å². The Labute approximate surface area is 138 Å². The molecule has 1 aliphatic heterocycles. The lowest BCUT2D eigenvalue weighted by Crippen LogP contribution is -2.16. The third kappa shape index (κ3) is 2.67. The van der Waals surface area contributed by atoms with E-state index in [9.17, 15) is 4.79 Å². The number of ether oxygens (including phenoxy) is 1. The van der Waals surface area contributed by atoms with Crippen molar-refractivity contribution in [2.45, 2.75) is 0 Å². The fourth-order valence-electron chi connectivity index (χ4n) is 2.67. The second kappa shape index (κ2) is 6.04. The monoisotopic (exact) mass is 317 g/mol. The van der Waals surface area contributed by atoms with E-state index < -0.39 is 0 Å². The molecule has 3 aromatic rings. The van der Waals surface area contributed by atoms with Crippen LogP contribution in [0.3, 0.4) is 0 Å². The number of aromatic nitrogens is 1. The molecule has 1 amide bonds. The molecule has 118 valence electrons. The summed E-state index contributed by atoms with van der Waals surface area (Å²) in [5, 5.41) is 5.15. The predicted octanol–water partition coefficient (Wildman–Crippen LogP) is 3.12. The Hall–Kier alpha value is -3.34. The first kappa shape index (κ1) is 14.3. The smallest absolute Gasteiger partial charge is 0.273 e. The molecule has 0 atom stereocenters. The lowest BCUT2D eigenvalue weighted by Gasteiger charge is -2.05. The lowest BCUT2D eigenvalue weighted by atomic mass is 10.1. The summed E-state index contributed by atoms with van der Waals surface area (Å²) in [4.78, 5) is 15.3. The minimum absolute atomic E-state index is 0.216. The Kier molecular flexibility index (Phi) is 3.59. The molecule has 0 saturated carbocycles. The van der Waals surface area contributed by atoms with Crippen LogP contribution < -0.4 is 10.2 Å². The number of fused-ring (bicyclic) bond motifs is 1.